The van der Waals surface area contributed by atoms with Crippen LogP contribution in [0.2, 0.25) is 0 Å². The lowest BCUT2D eigenvalue weighted by molar-refractivity contribution is 1.69. The van der Waals surface area contributed by atoms with E-state index in [-0.39, 0.29) is 7.43 Å². The van der Waals surface area contributed by atoms with E-state index in [1.807, 2.05) is 38.2 Å². The van der Waals surface area contributed by atoms with E-state index in [0.29, 0.717) is 0 Å². The molecule has 0 aliphatic rings. The van der Waals surface area contributed by atoms with E-state index in [0.717, 1.165) is 0 Å². The second-order valence-electron chi connectivity index (χ2n) is 1.05. The molecule has 0 radical (unpaired) electrons. The fraction of sp³-hybridized carbons (Fsp3) is 0.429. The van der Waals surface area contributed by atoms with Gasteiger partial charge in [0.15, 0.2) is 0 Å². The fourth-order valence-electron chi connectivity index (χ4n) is 0.222. The summed E-state index contributed by atoms with van der Waals surface area (Å²) in [5, 5.41) is 0. The summed E-state index contributed by atoms with van der Waals surface area (Å²) in [7, 11) is 0. The van der Waals surface area contributed by atoms with Crippen molar-refractivity contribution in [1.82, 2.24) is 0 Å². The molecule has 0 aromatic rings. The van der Waals surface area contributed by atoms with E-state index in [1.54, 1.807) is 0 Å². The lowest BCUT2D eigenvalue weighted by Crippen LogP contribution is -1.40. The summed E-state index contributed by atoms with van der Waals surface area (Å²) >= 11 is 0. The Hall–Kier alpha value is -0.520. The Morgan fingerprint density at radius 1 is 0.857 bits per heavy atom. The van der Waals surface area contributed by atoms with Gasteiger partial charge in [0, 0.05) is 0 Å². The first-order chi connectivity index (χ1) is 2.91. The van der Waals surface area contributed by atoms with Crippen molar-refractivity contribution < 1.29 is 0 Å². The Labute approximate surface area is 46.6 Å². The molecule has 0 fully saturated rings. The molecule has 0 N–H and O–H groups in total. The van der Waals surface area contributed by atoms with Gasteiger partial charge in [0.2, 0.25) is 0 Å². The van der Waals surface area contributed by atoms with Crippen molar-refractivity contribution in [3.63, 3.8) is 0 Å². The molecule has 7 heavy (non-hydrogen) atoms. The minimum absolute atomic E-state index is 0. The third-order valence-corrected chi connectivity index (χ3v) is 0.496. The summed E-state index contributed by atoms with van der Waals surface area (Å²) in [6.07, 6.45) is 8.00. The predicted octanol–water partition coefficient (Wildman–Crippen LogP) is 2.77. The van der Waals surface area contributed by atoms with Crippen molar-refractivity contribution in [3.05, 3.63) is 24.3 Å². The minimum atomic E-state index is 0. The number of hydrogen-bond donors (Lipinski definition) is 0. The van der Waals surface area contributed by atoms with E-state index in [4.69, 9.17) is 0 Å². The van der Waals surface area contributed by atoms with Gasteiger partial charge in [0.1, 0.15) is 0 Å². The van der Waals surface area contributed by atoms with Crippen LogP contribution >= 0.6 is 0 Å². The molecule has 0 heteroatoms. The molecule has 0 heterocycles. The van der Waals surface area contributed by atoms with Gasteiger partial charge in [0.25, 0.3) is 0 Å². The van der Waals surface area contributed by atoms with E-state index < -0.39 is 0 Å². The lowest BCUT2D eigenvalue weighted by Gasteiger charge is -1.62. The molecule has 42 valence electrons. The molecule has 0 saturated heterocycles. The smallest absolute Gasteiger partial charge is 0.0467 e. The number of rotatable bonds is 1. The van der Waals surface area contributed by atoms with Gasteiger partial charge >= 0.3 is 0 Å². The summed E-state index contributed by atoms with van der Waals surface area (Å²) in [5.74, 6) is 0. The third kappa shape index (κ3) is 10.8. The van der Waals surface area contributed by atoms with Crippen molar-refractivity contribution in [3.8, 4) is 0 Å². The van der Waals surface area contributed by atoms with Gasteiger partial charge in [-0.3, -0.25) is 0 Å². The molecule has 0 aromatic carbocycles. The first-order valence-corrected chi connectivity index (χ1v) is 2.15. The van der Waals surface area contributed by atoms with Crippen LogP contribution in [0.4, 0.5) is 0 Å². The van der Waals surface area contributed by atoms with Crippen LogP contribution in [0.25, 0.3) is 0 Å². The molecule has 0 atom stereocenters. The van der Waals surface area contributed by atoms with Crippen LogP contribution in [0.3, 0.4) is 0 Å². The molecule has 0 spiro atoms. The molecule has 0 amide bonds. The van der Waals surface area contributed by atoms with Gasteiger partial charge in [-0.15, -0.1) is 0 Å². The zero-order chi connectivity index (χ0) is 4.83. The Balaban J connectivity index is 0. The molecule has 0 bridgehead atoms. The van der Waals surface area contributed by atoms with Gasteiger partial charge in [0.05, 0.1) is 0 Å². The Morgan fingerprint density at radius 2 is 1.14 bits per heavy atom. The molecule has 0 aliphatic carbocycles. The number of hydrogen-bond acceptors (Lipinski definition) is 0. The van der Waals surface area contributed by atoms with Crippen molar-refractivity contribution in [2.24, 2.45) is 0 Å². The van der Waals surface area contributed by atoms with E-state index in [1.165, 1.54) is 0 Å². The second kappa shape index (κ2) is 9.08. The molecule has 0 nitrogen and oxygen atoms in total. The predicted molar refractivity (Wildman–Crippen MR) is 36.4 cm³/mol. The summed E-state index contributed by atoms with van der Waals surface area (Å²) in [6.45, 7) is 4.00. The first kappa shape index (κ1) is 9.70. The van der Waals surface area contributed by atoms with Gasteiger partial charge < -0.3 is 0 Å². The van der Waals surface area contributed by atoms with E-state index in [2.05, 4.69) is 0 Å². The van der Waals surface area contributed by atoms with Crippen molar-refractivity contribution >= 4 is 0 Å². The zero-order valence-corrected chi connectivity index (χ0v) is 4.31. The Kier molecular flexibility index (Phi) is 12.6. The lowest BCUT2D eigenvalue weighted by atomic mass is 10.5. The highest BCUT2D eigenvalue weighted by Gasteiger charge is 1.48. The molecule has 0 aromatic heterocycles. The van der Waals surface area contributed by atoms with Crippen LogP contribution < -0.4 is 0 Å². The summed E-state index contributed by atoms with van der Waals surface area (Å²) < 4.78 is 0. The van der Waals surface area contributed by atoms with Crippen LogP contribution in [0.5, 0.6) is 0 Å². The molecule has 0 saturated carbocycles. The average molecular weight is 98.2 g/mol. The Bertz CT molecular complexity index is 48.4. The largest absolute Gasteiger partial charge is 0.0877 e. The van der Waals surface area contributed by atoms with Gasteiger partial charge in [-0.1, -0.05) is 31.7 Å². The summed E-state index contributed by atoms with van der Waals surface area (Å²) in [4.78, 5) is 0. The molecular formula is C7H14. The topological polar surface area (TPSA) is 0 Å². The van der Waals surface area contributed by atoms with Crippen molar-refractivity contribution in [2.75, 3.05) is 0 Å². The quantitative estimate of drug-likeness (QED) is 0.442. The molecule has 0 aliphatic heterocycles. The monoisotopic (exact) mass is 98.1 g/mol. The number of allylic oxidation sites excluding steroid dienone is 4. The van der Waals surface area contributed by atoms with Crippen LogP contribution in [-0.2, 0) is 0 Å². The van der Waals surface area contributed by atoms with Crippen molar-refractivity contribution in [2.45, 2.75) is 21.3 Å². The highest BCUT2D eigenvalue weighted by molar-refractivity contribution is 4.98. The molecular weight excluding hydrogens is 84.1 g/mol. The SMILES string of the molecule is C.C/C=C/C=C/C. The van der Waals surface area contributed by atoms with Crippen LogP contribution in [0, 0.1) is 0 Å². The summed E-state index contributed by atoms with van der Waals surface area (Å²) in [5.41, 5.74) is 0. The van der Waals surface area contributed by atoms with Gasteiger partial charge in [-0.05, 0) is 13.8 Å². The van der Waals surface area contributed by atoms with Crippen LogP contribution in [-0.4, -0.2) is 0 Å². The zero-order valence-electron chi connectivity index (χ0n) is 4.31. The van der Waals surface area contributed by atoms with Gasteiger partial charge in [-0.25, -0.2) is 0 Å². The second-order valence-corrected chi connectivity index (χ2v) is 1.05. The Morgan fingerprint density at radius 3 is 1.29 bits per heavy atom. The minimum Gasteiger partial charge on any atom is -0.0877 e. The van der Waals surface area contributed by atoms with Gasteiger partial charge in [-0.2, -0.15) is 0 Å². The van der Waals surface area contributed by atoms with Crippen LogP contribution in [0.1, 0.15) is 21.3 Å². The molecule has 0 unspecified atom stereocenters. The first-order valence-electron chi connectivity index (χ1n) is 2.15. The normalized spacial score (nSPS) is 10.0. The maximum atomic E-state index is 2.00. The fourth-order valence-corrected chi connectivity index (χ4v) is 0.222. The highest BCUT2D eigenvalue weighted by Crippen LogP contribution is 1.71. The van der Waals surface area contributed by atoms with Crippen LogP contribution in [0.15, 0.2) is 24.3 Å². The maximum absolute atomic E-state index is 2.00. The maximum Gasteiger partial charge on any atom is -0.0467 e. The standard InChI is InChI=1S/C6H10.CH4/c1-3-5-6-4-2;/h3-6H,1-2H3;1H4/b5-3+,6-4+;. The van der Waals surface area contributed by atoms with Crippen molar-refractivity contribution in [1.29, 1.82) is 0 Å². The third-order valence-electron chi connectivity index (χ3n) is 0.496. The highest BCUT2D eigenvalue weighted by atomic mass is 13.6. The average Bonchev–Trinajstić information content (AvgIpc) is 1.61. The van der Waals surface area contributed by atoms with E-state index in [9.17, 15) is 0 Å². The molecule has 0 rings (SSSR count). The summed E-state index contributed by atoms with van der Waals surface area (Å²) in [6, 6.07) is 0. The van der Waals surface area contributed by atoms with E-state index >= 15 is 0 Å².